The number of benzene rings is 1. The quantitative estimate of drug-likeness (QED) is 0.783. The molecule has 0 aliphatic carbocycles. The molecule has 0 amide bonds. The lowest BCUT2D eigenvalue weighted by molar-refractivity contribution is 0.0691. The lowest BCUT2D eigenvalue weighted by Gasteiger charge is -1.93. The van der Waals surface area contributed by atoms with Gasteiger partial charge in [0, 0.05) is 17.5 Å². The van der Waals surface area contributed by atoms with E-state index in [9.17, 15) is 4.79 Å². The van der Waals surface area contributed by atoms with Gasteiger partial charge in [-0.2, -0.15) is 5.10 Å². The molecule has 0 atom stereocenters. The van der Waals surface area contributed by atoms with Crippen LogP contribution >= 0.6 is 11.6 Å². The highest BCUT2D eigenvalue weighted by Gasteiger charge is 2.14. The molecule has 1 aromatic heterocycles. The van der Waals surface area contributed by atoms with Crippen LogP contribution in [0.4, 0.5) is 0 Å². The van der Waals surface area contributed by atoms with E-state index in [1.165, 1.54) is 4.68 Å². The Hall–Kier alpha value is -1.55. The molecule has 2 aromatic rings. The second-order valence-electron chi connectivity index (χ2n) is 2.94. The Morgan fingerprint density at radius 2 is 2.29 bits per heavy atom. The maximum Gasteiger partial charge on any atom is 0.357 e. The first kappa shape index (κ1) is 9.02. The van der Waals surface area contributed by atoms with Crippen molar-refractivity contribution in [2.75, 3.05) is 0 Å². The minimum absolute atomic E-state index is 0.0324. The highest BCUT2D eigenvalue weighted by Crippen LogP contribution is 2.21. The van der Waals surface area contributed by atoms with E-state index in [0.29, 0.717) is 10.4 Å². The van der Waals surface area contributed by atoms with Gasteiger partial charge in [-0.25, -0.2) is 4.79 Å². The summed E-state index contributed by atoms with van der Waals surface area (Å²) in [5, 5.41) is 13.8. The summed E-state index contributed by atoms with van der Waals surface area (Å²) >= 11 is 5.77. The van der Waals surface area contributed by atoms with Crippen molar-refractivity contribution in [3.8, 4) is 0 Å². The Morgan fingerprint density at radius 3 is 2.93 bits per heavy atom. The van der Waals surface area contributed by atoms with Crippen molar-refractivity contribution < 1.29 is 9.90 Å². The normalized spacial score (nSPS) is 10.7. The molecule has 0 aliphatic heterocycles. The van der Waals surface area contributed by atoms with E-state index in [2.05, 4.69) is 5.10 Å². The Kier molecular flexibility index (Phi) is 1.93. The summed E-state index contributed by atoms with van der Waals surface area (Å²) in [5.41, 5.74) is 0.789. The summed E-state index contributed by atoms with van der Waals surface area (Å²) in [6, 6.07) is 5.06. The van der Waals surface area contributed by atoms with Gasteiger partial charge in [0.15, 0.2) is 5.69 Å². The molecule has 5 heteroatoms. The summed E-state index contributed by atoms with van der Waals surface area (Å²) in [5.74, 6) is -1.04. The van der Waals surface area contributed by atoms with Crippen LogP contribution in [0.5, 0.6) is 0 Å². The van der Waals surface area contributed by atoms with Crippen LogP contribution in [0, 0.1) is 0 Å². The third-order valence-electron chi connectivity index (χ3n) is 2.01. The Balaban J connectivity index is 2.85. The molecule has 0 spiro atoms. The van der Waals surface area contributed by atoms with Crippen LogP contribution in [0.3, 0.4) is 0 Å². The minimum atomic E-state index is -1.04. The van der Waals surface area contributed by atoms with Crippen LogP contribution in [0.25, 0.3) is 10.9 Å². The molecule has 0 saturated carbocycles. The van der Waals surface area contributed by atoms with E-state index in [4.69, 9.17) is 16.7 Å². The molecule has 0 unspecified atom stereocenters. The fourth-order valence-electron chi connectivity index (χ4n) is 1.40. The summed E-state index contributed by atoms with van der Waals surface area (Å²) in [7, 11) is 1.70. The van der Waals surface area contributed by atoms with E-state index >= 15 is 0 Å². The number of carboxylic acids is 1. The second kappa shape index (κ2) is 2.99. The summed E-state index contributed by atoms with van der Waals surface area (Å²) in [6.45, 7) is 0. The molecular formula is C9H7ClN2O2. The van der Waals surface area contributed by atoms with E-state index in [1.807, 2.05) is 0 Å². The number of carboxylic acid groups (broad SMARTS) is 1. The second-order valence-corrected chi connectivity index (χ2v) is 3.38. The lowest BCUT2D eigenvalue weighted by Crippen LogP contribution is -1.99. The number of aromatic carboxylic acids is 1. The highest BCUT2D eigenvalue weighted by molar-refractivity contribution is 6.31. The maximum absolute atomic E-state index is 10.8. The average molecular weight is 211 g/mol. The number of rotatable bonds is 1. The van der Waals surface area contributed by atoms with Crippen LogP contribution < -0.4 is 0 Å². The predicted octanol–water partition coefficient (Wildman–Crippen LogP) is 1.92. The zero-order valence-corrected chi connectivity index (χ0v) is 8.12. The molecule has 0 fully saturated rings. The summed E-state index contributed by atoms with van der Waals surface area (Å²) in [6.07, 6.45) is 0. The van der Waals surface area contributed by atoms with Gasteiger partial charge < -0.3 is 5.11 Å². The molecule has 2 rings (SSSR count). The predicted molar refractivity (Wildman–Crippen MR) is 52.7 cm³/mol. The summed E-state index contributed by atoms with van der Waals surface area (Å²) < 4.78 is 1.52. The van der Waals surface area contributed by atoms with Crippen molar-refractivity contribution >= 4 is 28.5 Å². The first-order valence-electron chi connectivity index (χ1n) is 3.95. The van der Waals surface area contributed by atoms with Crippen molar-refractivity contribution in [1.29, 1.82) is 0 Å². The smallest absolute Gasteiger partial charge is 0.357 e. The standard InChI is InChI=1S/C9H7ClN2O2/c1-12-7-3-2-5(10)4-6(7)8(11-12)9(13)14/h2-4H,1H3,(H,13,14). The van der Waals surface area contributed by atoms with E-state index in [0.717, 1.165) is 5.52 Å². The molecule has 72 valence electrons. The molecule has 1 heterocycles. The monoisotopic (exact) mass is 210 g/mol. The molecule has 14 heavy (non-hydrogen) atoms. The largest absolute Gasteiger partial charge is 0.476 e. The number of carbonyl (C=O) groups is 1. The SMILES string of the molecule is Cn1nc(C(=O)O)c2cc(Cl)ccc21. The zero-order valence-electron chi connectivity index (χ0n) is 7.36. The van der Waals surface area contributed by atoms with E-state index in [1.54, 1.807) is 25.2 Å². The van der Waals surface area contributed by atoms with Gasteiger partial charge in [-0.3, -0.25) is 4.68 Å². The molecule has 0 bridgehead atoms. The Labute approximate surface area is 84.7 Å². The van der Waals surface area contributed by atoms with Crippen molar-refractivity contribution in [1.82, 2.24) is 9.78 Å². The number of aromatic nitrogens is 2. The van der Waals surface area contributed by atoms with Crippen molar-refractivity contribution in [2.24, 2.45) is 7.05 Å². The first-order valence-corrected chi connectivity index (χ1v) is 4.33. The van der Waals surface area contributed by atoms with Crippen LogP contribution in [0.15, 0.2) is 18.2 Å². The number of aryl methyl sites for hydroxylation is 1. The topological polar surface area (TPSA) is 55.1 Å². The van der Waals surface area contributed by atoms with Crippen LogP contribution in [-0.2, 0) is 7.05 Å². The number of halogens is 1. The fraction of sp³-hybridized carbons (Fsp3) is 0.111. The van der Waals surface area contributed by atoms with Crippen molar-refractivity contribution in [3.63, 3.8) is 0 Å². The minimum Gasteiger partial charge on any atom is -0.476 e. The molecule has 1 aromatic carbocycles. The average Bonchev–Trinajstić information content (AvgIpc) is 2.43. The maximum atomic E-state index is 10.8. The van der Waals surface area contributed by atoms with Gasteiger partial charge in [0.05, 0.1) is 5.52 Å². The lowest BCUT2D eigenvalue weighted by atomic mass is 10.2. The third-order valence-corrected chi connectivity index (χ3v) is 2.25. The zero-order chi connectivity index (χ0) is 10.3. The Morgan fingerprint density at radius 1 is 1.57 bits per heavy atom. The van der Waals surface area contributed by atoms with E-state index < -0.39 is 5.97 Å². The highest BCUT2D eigenvalue weighted by atomic mass is 35.5. The molecule has 1 N–H and O–H groups in total. The van der Waals surface area contributed by atoms with Gasteiger partial charge in [-0.1, -0.05) is 11.6 Å². The van der Waals surface area contributed by atoms with Crippen molar-refractivity contribution in [3.05, 3.63) is 28.9 Å². The Bertz CT molecular complexity index is 519. The van der Waals surface area contributed by atoms with Crippen LogP contribution in [0.2, 0.25) is 5.02 Å². The van der Waals surface area contributed by atoms with Crippen LogP contribution in [0.1, 0.15) is 10.5 Å². The number of hydrogen-bond donors (Lipinski definition) is 1. The van der Waals surface area contributed by atoms with Crippen molar-refractivity contribution in [2.45, 2.75) is 0 Å². The van der Waals surface area contributed by atoms with E-state index in [-0.39, 0.29) is 5.69 Å². The molecule has 0 aliphatic rings. The molecule has 4 nitrogen and oxygen atoms in total. The summed E-state index contributed by atoms with van der Waals surface area (Å²) in [4.78, 5) is 10.8. The molecule has 0 saturated heterocycles. The molecule has 0 radical (unpaired) electrons. The van der Waals surface area contributed by atoms with Gasteiger partial charge >= 0.3 is 5.97 Å². The van der Waals surface area contributed by atoms with Gasteiger partial charge in [-0.05, 0) is 18.2 Å². The number of nitrogens with zero attached hydrogens (tertiary/aromatic N) is 2. The van der Waals surface area contributed by atoms with Crippen LogP contribution in [-0.4, -0.2) is 20.9 Å². The van der Waals surface area contributed by atoms with Gasteiger partial charge in [0.2, 0.25) is 0 Å². The molecular weight excluding hydrogens is 204 g/mol. The third kappa shape index (κ3) is 1.24. The van der Waals surface area contributed by atoms with Gasteiger partial charge in [-0.15, -0.1) is 0 Å². The number of fused-ring (bicyclic) bond motifs is 1. The number of hydrogen-bond acceptors (Lipinski definition) is 2. The first-order chi connectivity index (χ1) is 6.59. The van der Waals surface area contributed by atoms with Gasteiger partial charge in [0.25, 0.3) is 0 Å². The van der Waals surface area contributed by atoms with Gasteiger partial charge in [0.1, 0.15) is 0 Å². The fourth-order valence-corrected chi connectivity index (χ4v) is 1.57.